The van der Waals surface area contributed by atoms with Gasteiger partial charge in [0.25, 0.3) is 0 Å². The van der Waals surface area contributed by atoms with E-state index < -0.39 is 0 Å². The SMILES string of the molecule is Cc1ccc(-c2nnc(SCC(=O)NCc3ccco3)nc2-c2ccc(C)cc2)cc1. The van der Waals surface area contributed by atoms with Gasteiger partial charge in [-0.3, -0.25) is 4.79 Å². The van der Waals surface area contributed by atoms with Crippen molar-refractivity contribution < 1.29 is 9.21 Å². The first-order valence-electron chi connectivity index (χ1n) is 9.89. The molecule has 7 heteroatoms. The second-order valence-electron chi connectivity index (χ2n) is 7.17. The molecule has 2 aromatic carbocycles. The quantitative estimate of drug-likeness (QED) is 0.423. The summed E-state index contributed by atoms with van der Waals surface area (Å²) in [6, 6.07) is 19.9. The number of carbonyl (C=O) groups excluding carboxylic acids is 1. The average molecular weight is 431 g/mol. The first-order chi connectivity index (χ1) is 15.1. The number of hydrogen-bond acceptors (Lipinski definition) is 6. The molecule has 0 fully saturated rings. The number of hydrogen-bond donors (Lipinski definition) is 1. The molecule has 4 aromatic rings. The van der Waals surface area contributed by atoms with Crippen LogP contribution in [0.25, 0.3) is 22.5 Å². The van der Waals surface area contributed by atoms with Gasteiger partial charge in [-0.2, -0.15) is 0 Å². The molecule has 2 aromatic heterocycles. The number of thioether (sulfide) groups is 1. The van der Waals surface area contributed by atoms with Crippen LogP contribution in [0.4, 0.5) is 0 Å². The molecule has 0 saturated carbocycles. The first-order valence-corrected chi connectivity index (χ1v) is 10.9. The Kier molecular flexibility index (Phi) is 6.43. The van der Waals surface area contributed by atoms with Gasteiger partial charge in [-0.1, -0.05) is 71.4 Å². The molecule has 1 N–H and O–H groups in total. The van der Waals surface area contributed by atoms with Crippen LogP contribution in [-0.4, -0.2) is 26.8 Å². The Balaban J connectivity index is 1.55. The van der Waals surface area contributed by atoms with Crippen LogP contribution in [-0.2, 0) is 11.3 Å². The third kappa shape index (κ3) is 5.38. The normalized spacial score (nSPS) is 10.8. The minimum absolute atomic E-state index is 0.121. The largest absolute Gasteiger partial charge is 0.467 e. The van der Waals surface area contributed by atoms with Gasteiger partial charge in [-0.25, -0.2) is 4.98 Å². The van der Waals surface area contributed by atoms with Gasteiger partial charge < -0.3 is 9.73 Å². The topological polar surface area (TPSA) is 80.9 Å². The van der Waals surface area contributed by atoms with Gasteiger partial charge in [0.05, 0.1) is 18.6 Å². The first kappa shape index (κ1) is 20.8. The zero-order valence-electron chi connectivity index (χ0n) is 17.3. The maximum atomic E-state index is 12.2. The fourth-order valence-corrected chi connectivity index (χ4v) is 3.59. The van der Waals surface area contributed by atoms with Crippen molar-refractivity contribution >= 4 is 17.7 Å². The minimum atomic E-state index is -0.121. The standard InChI is InChI=1S/C24H22N4O2S/c1-16-5-9-18(10-6-16)22-23(19-11-7-17(2)8-12-19)27-28-24(26-22)31-15-21(29)25-14-20-4-3-13-30-20/h3-13H,14-15H2,1-2H3,(H,25,29). The number of carbonyl (C=O) groups is 1. The molecule has 1 amide bonds. The molecule has 6 nitrogen and oxygen atoms in total. The van der Waals surface area contributed by atoms with Gasteiger partial charge in [0.15, 0.2) is 0 Å². The van der Waals surface area contributed by atoms with Crippen molar-refractivity contribution in [3.8, 4) is 22.5 Å². The Labute approximate surface area is 185 Å². The van der Waals surface area contributed by atoms with Gasteiger partial charge in [-0.05, 0) is 26.0 Å². The van der Waals surface area contributed by atoms with E-state index in [9.17, 15) is 4.79 Å². The molecule has 0 aliphatic rings. The lowest BCUT2D eigenvalue weighted by atomic mass is 10.0. The summed E-state index contributed by atoms with van der Waals surface area (Å²) in [7, 11) is 0. The smallest absolute Gasteiger partial charge is 0.230 e. The number of nitrogens with zero attached hydrogens (tertiary/aromatic N) is 3. The monoisotopic (exact) mass is 430 g/mol. The van der Waals surface area contributed by atoms with Gasteiger partial charge in [0, 0.05) is 11.1 Å². The molecule has 0 spiro atoms. The third-order valence-corrected chi connectivity index (χ3v) is 5.53. The number of benzene rings is 2. The van der Waals surface area contributed by atoms with Crippen LogP contribution in [0.3, 0.4) is 0 Å². The lowest BCUT2D eigenvalue weighted by Crippen LogP contribution is -2.24. The number of rotatable bonds is 7. The van der Waals surface area contributed by atoms with Crippen molar-refractivity contribution in [2.45, 2.75) is 25.5 Å². The molecule has 156 valence electrons. The maximum absolute atomic E-state index is 12.2. The molecule has 0 aliphatic heterocycles. The summed E-state index contributed by atoms with van der Waals surface area (Å²) in [5, 5.41) is 12.0. The molecule has 0 saturated heterocycles. The zero-order chi connectivity index (χ0) is 21.6. The van der Waals surface area contributed by atoms with E-state index in [1.54, 1.807) is 12.3 Å². The summed E-state index contributed by atoms with van der Waals surface area (Å²) >= 11 is 1.26. The van der Waals surface area contributed by atoms with E-state index in [0.29, 0.717) is 17.5 Å². The van der Waals surface area contributed by atoms with Crippen LogP contribution >= 0.6 is 11.8 Å². The third-order valence-electron chi connectivity index (χ3n) is 4.69. The second kappa shape index (κ2) is 9.57. The Morgan fingerprint density at radius 3 is 2.16 bits per heavy atom. The highest BCUT2D eigenvalue weighted by Crippen LogP contribution is 2.30. The lowest BCUT2D eigenvalue weighted by Gasteiger charge is -2.10. The highest BCUT2D eigenvalue weighted by Gasteiger charge is 2.15. The van der Waals surface area contributed by atoms with E-state index >= 15 is 0 Å². The molecule has 0 unspecified atom stereocenters. The summed E-state index contributed by atoms with van der Waals surface area (Å²) in [6.45, 7) is 4.45. The van der Waals surface area contributed by atoms with Gasteiger partial charge in [0.1, 0.15) is 17.1 Å². The molecule has 0 radical (unpaired) electrons. The molecule has 0 bridgehead atoms. The Hall–Kier alpha value is -3.45. The average Bonchev–Trinajstić information content (AvgIpc) is 3.31. The van der Waals surface area contributed by atoms with Crippen molar-refractivity contribution in [2.24, 2.45) is 0 Å². The van der Waals surface area contributed by atoms with Crippen molar-refractivity contribution in [3.05, 3.63) is 83.8 Å². The predicted molar refractivity (Wildman–Crippen MR) is 121 cm³/mol. The van der Waals surface area contributed by atoms with Crippen LogP contribution in [0, 0.1) is 13.8 Å². The summed E-state index contributed by atoms with van der Waals surface area (Å²) < 4.78 is 5.23. The number of nitrogens with one attached hydrogen (secondary N) is 1. The van der Waals surface area contributed by atoms with Crippen molar-refractivity contribution in [3.63, 3.8) is 0 Å². The highest BCUT2D eigenvalue weighted by molar-refractivity contribution is 7.99. The summed E-state index contributed by atoms with van der Waals surface area (Å²) in [5.74, 6) is 0.782. The van der Waals surface area contributed by atoms with E-state index in [1.807, 2.05) is 68.4 Å². The maximum Gasteiger partial charge on any atom is 0.230 e. The van der Waals surface area contributed by atoms with Gasteiger partial charge in [0.2, 0.25) is 11.1 Å². The molecule has 0 aliphatic carbocycles. The van der Waals surface area contributed by atoms with E-state index in [4.69, 9.17) is 9.40 Å². The van der Waals surface area contributed by atoms with E-state index in [1.165, 1.54) is 22.9 Å². The molecular formula is C24H22N4O2S. The summed E-state index contributed by atoms with van der Waals surface area (Å²) in [4.78, 5) is 16.9. The number of aromatic nitrogens is 3. The van der Waals surface area contributed by atoms with Gasteiger partial charge in [-0.15, -0.1) is 10.2 Å². The van der Waals surface area contributed by atoms with E-state index in [2.05, 4.69) is 15.5 Å². The molecular weight excluding hydrogens is 408 g/mol. The number of aryl methyl sites for hydroxylation is 2. The fourth-order valence-electron chi connectivity index (χ4n) is 2.97. The minimum Gasteiger partial charge on any atom is -0.467 e. The molecule has 0 atom stereocenters. The Morgan fingerprint density at radius 2 is 1.55 bits per heavy atom. The van der Waals surface area contributed by atoms with Crippen LogP contribution < -0.4 is 5.32 Å². The number of amides is 1. The van der Waals surface area contributed by atoms with Crippen LogP contribution in [0.5, 0.6) is 0 Å². The summed E-state index contributed by atoms with van der Waals surface area (Å²) in [6.07, 6.45) is 1.58. The number of furan rings is 1. The van der Waals surface area contributed by atoms with Crippen LogP contribution in [0.2, 0.25) is 0 Å². The molecule has 31 heavy (non-hydrogen) atoms. The molecule has 4 rings (SSSR count). The second-order valence-corrected chi connectivity index (χ2v) is 8.11. The predicted octanol–water partition coefficient (Wildman–Crippen LogP) is 4.82. The van der Waals surface area contributed by atoms with Gasteiger partial charge >= 0.3 is 0 Å². The van der Waals surface area contributed by atoms with Crippen molar-refractivity contribution in [1.82, 2.24) is 20.5 Å². The van der Waals surface area contributed by atoms with Crippen molar-refractivity contribution in [1.29, 1.82) is 0 Å². The van der Waals surface area contributed by atoms with Crippen LogP contribution in [0.1, 0.15) is 16.9 Å². The van der Waals surface area contributed by atoms with Crippen LogP contribution in [0.15, 0.2) is 76.5 Å². The zero-order valence-corrected chi connectivity index (χ0v) is 18.1. The highest BCUT2D eigenvalue weighted by atomic mass is 32.2. The Bertz CT molecular complexity index is 1160. The fraction of sp³-hybridized carbons (Fsp3) is 0.167. The van der Waals surface area contributed by atoms with E-state index in [-0.39, 0.29) is 11.7 Å². The van der Waals surface area contributed by atoms with E-state index in [0.717, 1.165) is 22.5 Å². The summed E-state index contributed by atoms with van der Waals surface area (Å²) in [5.41, 5.74) is 5.72. The molecule has 2 heterocycles. The Morgan fingerprint density at radius 1 is 0.903 bits per heavy atom. The van der Waals surface area contributed by atoms with Crippen molar-refractivity contribution in [2.75, 3.05) is 5.75 Å². The lowest BCUT2D eigenvalue weighted by molar-refractivity contribution is -0.118.